The van der Waals surface area contributed by atoms with Gasteiger partial charge in [-0.25, -0.2) is 0 Å². The summed E-state index contributed by atoms with van der Waals surface area (Å²) in [5.41, 5.74) is 0.214. The summed E-state index contributed by atoms with van der Waals surface area (Å²) in [5.74, 6) is 5.36. The van der Waals surface area contributed by atoms with E-state index in [9.17, 15) is 49.2 Å². The summed E-state index contributed by atoms with van der Waals surface area (Å²) in [5, 5.41) is 46.0. The zero-order valence-corrected chi connectivity index (χ0v) is 76.3. The summed E-state index contributed by atoms with van der Waals surface area (Å²) in [4.78, 5) is 80.9. The Morgan fingerprint density at radius 1 is 0.368 bits per heavy atom. The smallest absolute Gasteiger partial charge is 0.253 e. The van der Waals surface area contributed by atoms with Crippen LogP contribution in [-0.4, -0.2) is 101 Å². The Morgan fingerprint density at radius 2 is 0.615 bits per heavy atom. The Balaban J connectivity index is 0.933. The zero-order valence-electron chi connectivity index (χ0n) is 76.3. The van der Waals surface area contributed by atoms with Crippen LogP contribution in [-0.2, 0) is 41.9 Å². The van der Waals surface area contributed by atoms with Crippen LogP contribution in [0.25, 0.3) is 0 Å². The van der Waals surface area contributed by atoms with E-state index in [1.807, 2.05) is 0 Å². The lowest BCUT2D eigenvalue weighted by Crippen LogP contribution is -2.38. The predicted octanol–water partition coefficient (Wildman–Crippen LogP) is 26.7. The van der Waals surface area contributed by atoms with Crippen LogP contribution in [0.5, 0.6) is 23.5 Å². The molecule has 6 amide bonds. The minimum atomic E-state index is -0.415. The fraction of sp³-hybridized carbons (Fsp3) is 0.822. The van der Waals surface area contributed by atoms with E-state index in [-0.39, 0.29) is 64.9 Å². The van der Waals surface area contributed by atoms with Crippen molar-refractivity contribution < 1.29 is 49.2 Å². The van der Waals surface area contributed by atoms with Crippen molar-refractivity contribution >= 4 is 46.8 Å². The fourth-order valence-electron chi connectivity index (χ4n) is 21.7. The Bertz CT molecular complexity index is 3130. The van der Waals surface area contributed by atoms with Crippen molar-refractivity contribution in [3.05, 3.63) is 36.4 Å². The number of nitrogens with zero attached hydrogens (tertiary/aromatic N) is 6. The van der Waals surface area contributed by atoms with E-state index in [1.54, 1.807) is 18.9 Å². The second-order valence-corrected chi connectivity index (χ2v) is 38.4. The number of aromatic hydroxyl groups is 4. The van der Waals surface area contributed by atoms with Gasteiger partial charge in [0.15, 0.2) is 11.8 Å². The quantitative estimate of drug-likeness (QED) is 0.0364. The van der Waals surface area contributed by atoms with Crippen molar-refractivity contribution in [3.63, 3.8) is 0 Å². The van der Waals surface area contributed by atoms with Crippen molar-refractivity contribution in [1.82, 2.24) is 18.9 Å². The van der Waals surface area contributed by atoms with Crippen LogP contribution in [0.4, 0.5) is 11.4 Å². The summed E-state index contributed by atoms with van der Waals surface area (Å²) in [7, 11) is 0. The van der Waals surface area contributed by atoms with Crippen molar-refractivity contribution in [3.8, 4) is 23.5 Å². The highest BCUT2D eigenvalue weighted by atomic mass is 16.3. The van der Waals surface area contributed by atoms with Crippen LogP contribution in [0.15, 0.2) is 36.4 Å². The maximum atomic E-state index is 13.5. The van der Waals surface area contributed by atoms with E-state index in [0.29, 0.717) is 63.5 Å². The number of carbonyl (C=O) groups is 6. The van der Waals surface area contributed by atoms with Gasteiger partial charge in [-0.05, 0) is 149 Å². The first-order valence-corrected chi connectivity index (χ1v) is 49.5. The number of anilines is 2. The molecule has 2 aliphatic carbocycles. The Labute approximate surface area is 713 Å². The van der Waals surface area contributed by atoms with Gasteiger partial charge in [-0.2, -0.15) is 0 Å². The van der Waals surface area contributed by atoms with E-state index in [2.05, 4.69) is 48.5 Å². The second kappa shape index (κ2) is 57.7. The molecule has 0 saturated heterocycles. The number of aromatic nitrogens is 2. The Morgan fingerprint density at radius 3 is 0.906 bits per heavy atom. The van der Waals surface area contributed by atoms with Gasteiger partial charge in [0.25, 0.3) is 23.6 Å². The van der Waals surface area contributed by atoms with Gasteiger partial charge < -0.3 is 30.2 Å². The number of unbranched alkanes of at least 4 members (excludes halogenated alkanes) is 36. The van der Waals surface area contributed by atoms with E-state index in [1.165, 1.54) is 343 Å². The number of carbonyl (C=O) groups excluding carboxylic acids is 6. The van der Waals surface area contributed by atoms with E-state index in [0.717, 1.165) is 124 Å². The van der Waals surface area contributed by atoms with Crippen molar-refractivity contribution in [2.75, 3.05) is 36.0 Å². The molecule has 6 rings (SSSR count). The molecule has 0 radical (unpaired) electrons. The molecule has 4 heterocycles. The van der Waals surface area contributed by atoms with Gasteiger partial charge in [-0.1, -0.05) is 331 Å². The summed E-state index contributed by atoms with van der Waals surface area (Å²) in [6, 6.07) is 3.05. The first-order chi connectivity index (χ1) is 56.6. The van der Waals surface area contributed by atoms with Crippen molar-refractivity contribution in [1.29, 1.82) is 0 Å². The molecule has 0 bridgehead atoms. The number of rotatable bonds is 69. The van der Waals surface area contributed by atoms with Crippen LogP contribution in [0.3, 0.4) is 0 Å². The molecule has 4 N–H and O–H groups in total. The van der Waals surface area contributed by atoms with E-state index in [4.69, 9.17) is 0 Å². The lowest BCUT2D eigenvalue weighted by molar-refractivity contribution is -0.138. The van der Waals surface area contributed by atoms with Gasteiger partial charge in [-0.15, -0.1) is 0 Å². The zero-order chi connectivity index (χ0) is 84.6. The highest BCUT2D eigenvalue weighted by Crippen LogP contribution is 2.50. The largest absolute Gasteiger partial charge is 0.494 e. The summed E-state index contributed by atoms with van der Waals surface area (Å²) < 4.78 is 3.10. The molecule has 16 nitrogen and oxygen atoms in total. The summed E-state index contributed by atoms with van der Waals surface area (Å²) in [6.45, 7) is 21.3. The van der Waals surface area contributed by atoms with Gasteiger partial charge in [0.05, 0.1) is 0 Å². The molecule has 4 aliphatic rings. The first-order valence-electron chi connectivity index (χ1n) is 49.5. The Hall–Kier alpha value is -5.54. The molecule has 16 heteroatoms. The minimum Gasteiger partial charge on any atom is -0.494 e. The van der Waals surface area contributed by atoms with Gasteiger partial charge in [0, 0.05) is 89.6 Å². The lowest BCUT2D eigenvalue weighted by Gasteiger charge is -2.44. The van der Waals surface area contributed by atoms with Gasteiger partial charge in [0.2, 0.25) is 23.6 Å². The van der Waals surface area contributed by atoms with E-state index >= 15 is 0 Å². The molecule has 2 fully saturated rings. The van der Waals surface area contributed by atoms with Gasteiger partial charge >= 0.3 is 0 Å². The van der Waals surface area contributed by atoms with Crippen molar-refractivity contribution in [2.24, 2.45) is 58.7 Å². The molecule has 0 aromatic carbocycles. The molecule has 668 valence electrons. The standard InChI is InChI=1S/C101H174N6O10/c1-10-14-18-22-34-46-58-87-83(54-42-20-16-12-3)62-64-85(56-44-32-24-28-38-50-71-103-93(110)66-67-94(103)111)89(87)60-48-36-26-30-40-52-73-105-97(114)76-91(99(105)116)102(81(6)108)75-70-80(5)78-101(8,9)79-107(82(7)109)92-77-98(115)106(100(92)117)74-53-41-31-27-37-49-61-90-86(57-45-33-25-29-39-51-72-104-95(112)68-69-96(104)113)65-63-84(55-43-21-17-13-4)88(90)59-47-35-23-19-15-11-2/h66-69,76-77,80,83-90,114-117H,10-65,70-75,78-79H2,1-9H3. The number of hydrogen-bond acceptors (Lipinski definition) is 10. The third kappa shape index (κ3) is 36.2. The topological polar surface area (TPSA) is 206 Å². The fourth-order valence-corrected chi connectivity index (χ4v) is 21.7. The summed E-state index contributed by atoms with van der Waals surface area (Å²) >= 11 is 0. The summed E-state index contributed by atoms with van der Waals surface area (Å²) in [6.07, 6.45) is 77.4. The minimum absolute atomic E-state index is 0.0466. The maximum Gasteiger partial charge on any atom is 0.253 e. The number of hydrogen-bond donors (Lipinski definition) is 4. The number of imide groups is 2. The maximum absolute atomic E-state index is 13.5. The molecular formula is C101H174N6O10. The van der Waals surface area contributed by atoms with E-state index < -0.39 is 5.41 Å². The third-order valence-electron chi connectivity index (χ3n) is 28.3. The molecular weight excluding hydrogens is 1460 g/mol. The van der Waals surface area contributed by atoms with Crippen LogP contribution in [0.1, 0.15) is 435 Å². The molecule has 2 aliphatic heterocycles. The van der Waals surface area contributed by atoms with Crippen LogP contribution >= 0.6 is 0 Å². The van der Waals surface area contributed by atoms with Gasteiger partial charge in [0.1, 0.15) is 11.4 Å². The van der Waals surface area contributed by atoms with Crippen LogP contribution in [0, 0.1) is 58.7 Å². The highest BCUT2D eigenvalue weighted by molar-refractivity contribution is 6.13. The monoisotopic (exact) mass is 1630 g/mol. The molecule has 2 aromatic heterocycles. The predicted molar refractivity (Wildman–Crippen MR) is 485 cm³/mol. The molecule has 2 saturated carbocycles. The highest BCUT2D eigenvalue weighted by Gasteiger charge is 2.40. The lowest BCUT2D eigenvalue weighted by atomic mass is 9.61. The SMILES string of the molecule is CCCCCCCCC1C(CCCCCC)CCC(CCCCCCCCN2C(=O)C=CC2=O)C1CCCCCCCCn1c(O)cc(N(CCC(C)CC(C)(C)CN(C(C)=O)c2cc(O)n(CCCCCCCCC3C(CCCCCCCCN4C(=O)C=CC4=O)CCC(CCCCCC)C3CCCCCCCC)c2O)C(C)=O)c1O. The molecule has 2 aromatic rings. The second-order valence-electron chi connectivity index (χ2n) is 38.4. The normalized spacial score (nSPS) is 20.0. The van der Waals surface area contributed by atoms with Crippen LogP contribution in [0.2, 0.25) is 0 Å². The first kappa shape index (κ1) is 100. The average Bonchev–Trinajstić information content (AvgIpc) is 1.77. The number of amides is 6. The Kier molecular flexibility index (Phi) is 49.4. The third-order valence-corrected chi connectivity index (χ3v) is 28.3. The molecule has 9 unspecified atom stereocenters. The molecule has 117 heavy (non-hydrogen) atoms. The average molecular weight is 1630 g/mol. The van der Waals surface area contributed by atoms with Crippen molar-refractivity contribution in [2.45, 2.75) is 448 Å². The molecule has 9 atom stereocenters. The van der Waals surface area contributed by atoms with Gasteiger partial charge in [-0.3, -0.25) is 47.7 Å². The molecule has 0 spiro atoms. The van der Waals surface area contributed by atoms with Crippen LogP contribution < -0.4 is 9.80 Å².